The summed E-state index contributed by atoms with van der Waals surface area (Å²) in [5.41, 5.74) is 1.78. The number of hydrogen-bond acceptors (Lipinski definition) is 5. The van der Waals surface area contributed by atoms with Crippen LogP contribution in [0.25, 0.3) is 0 Å². The molecule has 1 fully saturated rings. The van der Waals surface area contributed by atoms with Gasteiger partial charge in [-0.1, -0.05) is 0 Å². The van der Waals surface area contributed by atoms with E-state index in [4.69, 9.17) is 9.47 Å². The molecule has 1 aromatic rings. The Bertz CT molecular complexity index is 365. The summed E-state index contributed by atoms with van der Waals surface area (Å²) in [5.74, 6) is 0. The molecule has 0 spiro atoms. The molecular formula is C12H19N3O2. The van der Waals surface area contributed by atoms with Crippen molar-refractivity contribution in [3.8, 4) is 0 Å². The quantitative estimate of drug-likeness (QED) is 0.809. The van der Waals surface area contributed by atoms with Gasteiger partial charge in [0.25, 0.3) is 0 Å². The van der Waals surface area contributed by atoms with Crippen molar-refractivity contribution in [3.63, 3.8) is 0 Å². The molecule has 17 heavy (non-hydrogen) atoms. The molecule has 2 N–H and O–H groups in total. The predicted octanol–water partition coefficient (Wildman–Crippen LogP) is 1.34. The van der Waals surface area contributed by atoms with Gasteiger partial charge in [0.1, 0.15) is 5.60 Å². The molecule has 0 bridgehead atoms. The number of ether oxygens (including phenoxy) is 2. The molecule has 0 aromatic carbocycles. The van der Waals surface area contributed by atoms with Crippen molar-refractivity contribution in [1.29, 1.82) is 0 Å². The third kappa shape index (κ3) is 2.87. The second kappa shape index (κ2) is 5.33. The molecule has 1 saturated heterocycles. The Morgan fingerprint density at radius 1 is 1.47 bits per heavy atom. The van der Waals surface area contributed by atoms with E-state index in [1.807, 2.05) is 13.1 Å². The Labute approximate surface area is 102 Å². The maximum Gasteiger partial charge on any atom is 0.110 e. The molecule has 1 aromatic heterocycles. The minimum atomic E-state index is -0.199. The molecule has 94 valence electrons. The SMILES string of the molecule is CNc1cncc(NCC2(OC)CCOC2)c1. The van der Waals surface area contributed by atoms with Crippen LogP contribution in [0.1, 0.15) is 6.42 Å². The Morgan fingerprint density at radius 2 is 2.29 bits per heavy atom. The van der Waals surface area contributed by atoms with E-state index < -0.39 is 0 Å². The van der Waals surface area contributed by atoms with E-state index in [1.54, 1.807) is 19.5 Å². The number of rotatable bonds is 5. The maximum absolute atomic E-state index is 5.55. The van der Waals surface area contributed by atoms with Crippen LogP contribution in [0.3, 0.4) is 0 Å². The largest absolute Gasteiger partial charge is 0.387 e. The van der Waals surface area contributed by atoms with Crippen molar-refractivity contribution in [2.45, 2.75) is 12.0 Å². The molecule has 0 amide bonds. The van der Waals surface area contributed by atoms with Crippen LogP contribution in [0.4, 0.5) is 11.4 Å². The van der Waals surface area contributed by atoms with Crippen molar-refractivity contribution in [1.82, 2.24) is 4.98 Å². The molecule has 0 saturated carbocycles. The van der Waals surface area contributed by atoms with Crippen molar-refractivity contribution in [2.24, 2.45) is 0 Å². The summed E-state index contributed by atoms with van der Waals surface area (Å²) in [6.45, 7) is 2.15. The standard InChI is InChI=1S/C12H19N3O2/c1-13-10-5-11(7-14-6-10)15-8-12(16-2)3-4-17-9-12/h5-7,13,15H,3-4,8-9H2,1-2H3. The predicted molar refractivity (Wildman–Crippen MR) is 67.4 cm³/mol. The molecule has 5 nitrogen and oxygen atoms in total. The summed E-state index contributed by atoms with van der Waals surface area (Å²) in [6, 6.07) is 2.02. The minimum absolute atomic E-state index is 0.199. The van der Waals surface area contributed by atoms with Gasteiger partial charge in [-0.2, -0.15) is 0 Å². The van der Waals surface area contributed by atoms with E-state index in [-0.39, 0.29) is 5.60 Å². The summed E-state index contributed by atoms with van der Waals surface area (Å²) in [6.07, 6.45) is 4.52. The molecule has 0 radical (unpaired) electrons. The first-order valence-corrected chi connectivity index (χ1v) is 5.78. The normalized spacial score (nSPS) is 23.6. The number of hydrogen-bond donors (Lipinski definition) is 2. The molecule has 2 heterocycles. The molecule has 2 rings (SSSR count). The molecular weight excluding hydrogens is 218 g/mol. The van der Waals surface area contributed by atoms with E-state index in [1.165, 1.54) is 0 Å². The smallest absolute Gasteiger partial charge is 0.110 e. The van der Waals surface area contributed by atoms with Crippen LogP contribution >= 0.6 is 0 Å². The molecule has 5 heteroatoms. The monoisotopic (exact) mass is 237 g/mol. The second-order valence-corrected chi connectivity index (χ2v) is 4.26. The summed E-state index contributed by atoms with van der Waals surface area (Å²) in [5, 5.41) is 6.41. The zero-order valence-corrected chi connectivity index (χ0v) is 10.3. The second-order valence-electron chi connectivity index (χ2n) is 4.26. The van der Waals surface area contributed by atoms with E-state index >= 15 is 0 Å². The highest BCUT2D eigenvalue weighted by Crippen LogP contribution is 2.23. The lowest BCUT2D eigenvalue weighted by Crippen LogP contribution is -2.39. The van der Waals surface area contributed by atoms with Gasteiger partial charge in [0.05, 0.1) is 30.4 Å². The van der Waals surface area contributed by atoms with Crippen molar-refractivity contribution >= 4 is 11.4 Å². The van der Waals surface area contributed by atoms with E-state index in [0.29, 0.717) is 6.61 Å². The summed E-state index contributed by atoms with van der Waals surface area (Å²) in [7, 11) is 3.61. The Hall–Kier alpha value is -1.33. The molecule has 0 aliphatic carbocycles. The van der Waals surface area contributed by atoms with Gasteiger partial charge in [0.2, 0.25) is 0 Å². The molecule has 1 unspecified atom stereocenters. The molecule has 1 aliphatic rings. The highest BCUT2D eigenvalue weighted by atomic mass is 16.5. The van der Waals surface area contributed by atoms with Crippen LogP contribution in [-0.4, -0.2) is 44.5 Å². The fraction of sp³-hybridized carbons (Fsp3) is 0.583. The van der Waals surface area contributed by atoms with E-state index in [9.17, 15) is 0 Å². The lowest BCUT2D eigenvalue weighted by atomic mass is 10.0. The lowest BCUT2D eigenvalue weighted by Gasteiger charge is -2.26. The van der Waals surface area contributed by atoms with Crippen LogP contribution in [0, 0.1) is 0 Å². The summed E-state index contributed by atoms with van der Waals surface area (Å²) >= 11 is 0. The number of nitrogens with one attached hydrogen (secondary N) is 2. The minimum Gasteiger partial charge on any atom is -0.387 e. The zero-order valence-electron chi connectivity index (χ0n) is 10.3. The summed E-state index contributed by atoms with van der Waals surface area (Å²) in [4.78, 5) is 4.15. The first kappa shape index (κ1) is 12.1. The van der Waals surface area contributed by atoms with E-state index in [0.717, 1.165) is 30.9 Å². The van der Waals surface area contributed by atoms with Crippen LogP contribution in [0.5, 0.6) is 0 Å². The van der Waals surface area contributed by atoms with E-state index in [2.05, 4.69) is 15.6 Å². The van der Waals surface area contributed by atoms with Crippen molar-refractivity contribution in [2.75, 3.05) is 44.5 Å². The van der Waals surface area contributed by atoms with Crippen molar-refractivity contribution in [3.05, 3.63) is 18.5 Å². The zero-order chi connectivity index (χ0) is 12.1. The van der Waals surface area contributed by atoms with Crippen LogP contribution < -0.4 is 10.6 Å². The first-order valence-electron chi connectivity index (χ1n) is 5.78. The average Bonchev–Trinajstić information content (AvgIpc) is 2.86. The number of methoxy groups -OCH3 is 1. The maximum atomic E-state index is 5.55. The number of anilines is 2. The van der Waals surface area contributed by atoms with Gasteiger partial charge in [0, 0.05) is 33.7 Å². The Morgan fingerprint density at radius 3 is 2.94 bits per heavy atom. The number of pyridine rings is 1. The topological polar surface area (TPSA) is 55.4 Å². The van der Waals surface area contributed by atoms with Crippen LogP contribution in [0.2, 0.25) is 0 Å². The van der Waals surface area contributed by atoms with Crippen LogP contribution in [-0.2, 0) is 9.47 Å². The fourth-order valence-electron chi connectivity index (χ4n) is 1.90. The van der Waals surface area contributed by atoms with Gasteiger partial charge in [-0.05, 0) is 6.07 Å². The van der Waals surface area contributed by atoms with Gasteiger partial charge in [-0.15, -0.1) is 0 Å². The highest BCUT2D eigenvalue weighted by molar-refractivity contribution is 5.53. The third-order valence-electron chi connectivity index (χ3n) is 3.14. The fourth-order valence-corrected chi connectivity index (χ4v) is 1.90. The average molecular weight is 237 g/mol. The Kier molecular flexibility index (Phi) is 3.81. The first-order chi connectivity index (χ1) is 8.28. The van der Waals surface area contributed by atoms with Gasteiger partial charge < -0.3 is 20.1 Å². The van der Waals surface area contributed by atoms with Gasteiger partial charge in [0.15, 0.2) is 0 Å². The third-order valence-corrected chi connectivity index (χ3v) is 3.14. The van der Waals surface area contributed by atoms with Crippen LogP contribution in [0.15, 0.2) is 18.5 Å². The summed E-state index contributed by atoms with van der Waals surface area (Å²) < 4.78 is 10.9. The van der Waals surface area contributed by atoms with Gasteiger partial charge in [-0.25, -0.2) is 0 Å². The molecule has 1 atom stereocenters. The highest BCUT2D eigenvalue weighted by Gasteiger charge is 2.34. The number of nitrogens with zero attached hydrogens (tertiary/aromatic N) is 1. The lowest BCUT2D eigenvalue weighted by molar-refractivity contribution is -0.00620. The van der Waals surface area contributed by atoms with Gasteiger partial charge in [-0.3, -0.25) is 4.98 Å². The molecule has 1 aliphatic heterocycles. The number of aromatic nitrogens is 1. The van der Waals surface area contributed by atoms with Gasteiger partial charge >= 0.3 is 0 Å². The van der Waals surface area contributed by atoms with Crippen molar-refractivity contribution < 1.29 is 9.47 Å². The Balaban J connectivity index is 1.96.